The van der Waals surface area contributed by atoms with E-state index < -0.39 is 68.4 Å². The minimum absolute atomic E-state index is 0.0312. The van der Waals surface area contributed by atoms with Crippen LogP contribution >= 0.6 is 0 Å². The molecule has 31 heavy (non-hydrogen) atoms. The number of carboxylic acid groups (broad SMARTS) is 4. The van der Waals surface area contributed by atoms with Crippen molar-refractivity contribution >= 4 is 36.8 Å². The fourth-order valence-corrected chi connectivity index (χ4v) is 2.26. The number of carbonyl (C=O) groups is 6. The van der Waals surface area contributed by atoms with Crippen LogP contribution in [-0.2, 0) is 47.7 Å². The van der Waals surface area contributed by atoms with Gasteiger partial charge in [0.1, 0.15) is 6.04 Å². The number of hydrogen-bond acceptors (Lipinski definition) is 11. The molecule has 0 fully saturated rings. The Morgan fingerprint density at radius 2 is 1.39 bits per heavy atom. The average molecular weight is 453 g/mol. The zero-order chi connectivity index (χ0) is 23.8. The first-order valence-electron chi connectivity index (χ1n) is 8.63. The SMILES string of the molecule is O=COCC(OC=O)OCCN(CCOC(CC(=O)O)C(=O)O)C(CC(=O)O)C(=O)O. The molecule has 0 amide bonds. The molecule has 15 heteroatoms. The van der Waals surface area contributed by atoms with Gasteiger partial charge in [0.2, 0.25) is 6.29 Å². The van der Waals surface area contributed by atoms with E-state index >= 15 is 0 Å². The van der Waals surface area contributed by atoms with Gasteiger partial charge in [-0.15, -0.1) is 0 Å². The van der Waals surface area contributed by atoms with Crippen molar-refractivity contribution in [3.8, 4) is 0 Å². The van der Waals surface area contributed by atoms with Crippen molar-refractivity contribution in [2.75, 3.05) is 32.9 Å². The van der Waals surface area contributed by atoms with E-state index in [1.54, 1.807) is 0 Å². The topological polar surface area (TPSA) is 223 Å². The van der Waals surface area contributed by atoms with Crippen LogP contribution in [-0.4, -0.2) is 113 Å². The lowest BCUT2D eigenvalue weighted by molar-refractivity contribution is -0.181. The van der Waals surface area contributed by atoms with Gasteiger partial charge in [0, 0.05) is 13.1 Å². The highest BCUT2D eigenvalue weighted by Crippen LogP contribution is 2.08. The molecule has 0 radical (unpaired) electrons. The number of hydrogen-bond donors (Lipinski definition) is 4. The zero-order valence-corrected chi connectivity index (χ0v) is 16.2. The third kappa shape index (κ3) is 12.8. The maximum Gasteiger partial charge on any atom is 0.333 e. The Kier molecular flexibility index (Phi) is 13.9. The number of ether oxygens (including phenoxy) is 4. The van der Waals surface area contributed by atoms with Crippen molar-refractivity contribution < 1.29 is 68.1 Å². The van der Waals surface area contributed by atoms with E-state index in [-0.39, 0.29) is 32.6 Å². The number of rotatable bonds is 20. The van der Waals surface area contributed by atoms with Crippen molar-refractivity contribution in [1.29, 1.82) is 0 Å². The summed E-state index contributed by atoms with van der Waals surface area (Å²) in [5, 5.41) is 35.9. The van der Waals surface area contributed by atoms with Crippen LogP contribution in [0.4, 0.5) is 0 Å². The van der Waals surface area contributed by atoms with Gasteiger partial charge in [-0.25, -0.2) is 4.79 Å². The second-order valence-electron chi connectivity index (χ2n) is 5.75. The van der Waals surface area contributed by atoms with E-state index in [9.17, 15) is 33.9 Å². The molecule has 4 N–H and O–H groups in total. The first kappa shape index (κ1) is 27.7. The highest BCUT2D eigenvalue weighted by Gasteiger charge is 2.29. The van der Waals surface area contributed by atoms with Crippen LogP contribution < -0.4 is 0 Å². The molecule has 0 aromatic carbocycles. The minimum Gasteiger partial charge on any atom is -0.481 e. The summed E-state index contributed by atoms with van der Waals surface area (Å²) in [6, 6.07) is -1.55. The van der Waals surface area contributed by atoms with Crippen molar-refractivity contribution in [1.82, 2.24) is 4.90 Å². The first-order chi connectivity index (χ1) is 14.6. The van der Waals surface area contributed by atoms with E-state index in [0.717, 1.165) is 4.90 Å². The quantitative estimate of drug-likeness (QED) is 0.114. The molecule has 0 aliphatic carbocycles. The van der Waals surface area contributed by atoms with E-state index in [0.29, 0.717) is 0 Å². The Morgan fingerprint density at radius 1 is 0.806 bits per heavy atom. The number of nitrogens with zero attached hydrogens (tertiary/aromatic N) is 1. The van der Waals surface area contributed by atoms with Gasteiger partial charge in [0.15, 0.2) is 12.7 Å². The van der Waals surface area contributed by atoms with Crippen LogP contribution in [0, 0.1) is 0 Å². The first-order valence-corrected chi connectivity index (χ1v) is 8.63. The molecule has 0 heterocycles. The molecule has 0 aromatic rings. The molecule has 176 valence electrons. The van der Waals surface area contributed by atoms with Gasteiger partial charge in [0.25, 0.3) is 12.9 Å². The van der Waals surface area contributed by atoms with Crippen molar-refractivity contribution in [3.63, 3.8) is 0 Å². The summed E-state index contributed by atoms with van der Waals surface area (Å²) >= 11 is 0. The van der Waals surface area contributed by atoms with Crippen molar-refractivity contribution in [2.45, 2.75) is 31.3 Å². The molecular formula is C16H23NO14. The Bertz CT molecular complexity index is 623. The van der Waals surface area contributed by atoms with Gasteiger partial charge in [-0.1, -0.05) is 0 Å². The van der Waals surface area contributed by atoms with E-state index in [1.807, 2.05) is 0 Å². The van der Waals surface area contributed by atoms with Gasteiger partial charge in [0.05, 0.1) is 26.1 Å². The Hall–Kier alpha value is -3.30. The van der Waals surface area contributed by atoms with Crippen molar-refractivity contribution in [3.05, 3.63) is 0 Å². The fourth-order valence-electron chi connectivity index (χ4n) is 2.26. The van der Waals surface area contributed by atoms with Crippen molar-refractivity contribution in [2.24, 2.45) is 0 Å². The molecule has 0 aromatic heterocycles. The third-order valence-corrected chi connectivity index (χ3v) is 3.62. The summed E-state index contributed by atoms with van der Waals surface area (Å²) in [6.45, 7) is -1.60. The molecule has 3 unspecified atom stereocenters. The molecule has 0 bridgehead atoms. The highest BCUT2D eigenvalue weighted by molar-refractivity contribution is 5.80. The average Bonchev–Trinajstić information content (AvgIpc) is 2.67. The molecule has 3 atom stereocenters. The summed E-state index contributed by atoms with van der Waals surface area (Å²) in [4.78, 5) is 65.9. The van der Waals surface area contributed by atoms with Crippen LogP contribution in [0.2, 0.25) is 0 Å². The fraction of sp³-hybridized carbons (Fsp3) is 0.625. The van der Waals surface area contributed by atoms with Crippen LogP contribution in [0.1, 0.15) is 12.8 Å². The number of carboxylic acids is 4. The van der Waals surface area contributed by atoms with Crippen LogP contribution in [0.5, 0.6) is 0 Å². The van der Waals surface area contributed by atoms with Gasteiger partial charge in [-0.3, -0.25) is 28.9 Å². The molecular weight excluding hydrogens is 430 g/mol. The van der Waals surface area contributed by atoms with Gasteiger partial charge >= 0.3 is 23.9 Å². The predicted molar refractivity (Wildman–Crippen MR) is 93.8 cm³/mol. The lowest BCUT2D eigenvalue weighted by Crippen LogP contribution is -2.46. The maximum absolute atomic E-state index is 11.5. The van der Waals surface area contributed by atoms with Crippen LogP contribution in [0.3, 0.4) is 0 Å². The largest absolute Gasteiger partial charge is 0.481 e. The molecule has 0 saturated heterocycles. The van der Waals surface area contributed by atoms with Crippen LogP contribution in [0.25, 0.3) is 0 Å². The highest BCUT2D eigenvalue weighted by atomic mass is 16.7. The van der Waals surface area contributed by atoms with E-state index in [4.69, 9.17) is 24.8 Å². The summed E-state index contributed by atoms with van der Waals surface area (Å²) in [6.07, 6.45) is -4.63. The third-order valence-electron chi connectivity index (χ3n) is 3.62. The van der Waals surface area contributed by atoms with E-state index in [1.165, 1.54) is 0 Å². The summed E-state index contributed by atoms with van der Waals surface area (Å²) < 4.78 is 19.0. The molecule has 0 aliphatic rings. The smallest absolute Gasteiger partial charge is 0.333 e. The Balaban J connectivity index is 5.09. The lowest BCUT2D eigenvalue weighted by atomic mass is 10.1. The standard InChI is InChI=1S/C16H23NO14/c18-8-28-7-14(31-9-19)30-4-2-17(10(15(24)25)5-12(20)21)1-3-29-11(16(26)27)6-13(22)23/h8-11,14H,1-7H2,(H,20,21)(H,22,23)(H,24,25)(H,26,27). The molecule has 0 aliphatic heterocycles. The summed E-state index contributed by atoms with van der Waals surface area (Å²) in [5.41, 5.74) is 0. The second kappa shape index (κ2) is 15.5. The predicted octanol–water partition coefficient (Wildman–Crippen LogP) is -2.15. The lowest BCUT2D eigenvalue weighted by Gasteiger charge is -2.28. The van der Waals surface area contributed by atoms with E-state index in [2.05, 4.69) is 9.47 Å². The maximum atomic E-state index is 11.5. The molecule has 0 rings (SSSR count). The van der Waals surface area contributed by atoms with Gasteiger partial charge in [-0.05, 0) is 0 Å². The molecule has 15 nitrogen and oxygen atoms in total. The minimum atomic E-state index is -1.69. The summed E-state index contributed by atoms with van der Waals surface area (Å²) in [7, 11) is 0. The Morgan fingerprint density at radius 3 is 1.84 bits per heavy atom. The summed E-state index contributed by atoms with van der Waals surface area (Å²) in [5.74, 6) is -5.88. The normalized spacial score (nSPS) is 13.6. The number of carbonyl (C=O) groups excluding carboxylic acids is 2. The zero-order valence-electron chi connectivity index (χ0n) is 16.2. The van der Waals surface area contributed by atoms with Gasteiger partial charge in [-0.2, -0.15) is 0 Å². The monoisotopic (exact) mass is 453 g/mol. The van der Waals surface area contributed by atoms with Crippen LogP contribution in [0.15, 0.2) is 0 Å². The second-order valence-corrected chi connectivity index (χ2v) is 5.75. The Labute approximate surface area is 175 Å². The molecule has 0 spiro atoms. The van der Waals surface area contributed by atoms with Gasteiger partial charge < -0.3 is 39.4 Å². The number of aliphatic carboxylic acids is 4. The molecule has 0 saturated carbocycles.